The molecule has 0 N–H and O–H groups in total. The lowest BCUT2D eigenvalue weighted by Gasteiger charge is -2.03. The molecule has 0 radical (unpaired) electrons. The summed E-state index contributed by atoms with van der Waals surface area (Å²) in [6.07, 6.45) is 0.699. The van der Waals surface area contributed by atoms with Crippen molar-refractivity contribution in [2.24, 2.45) is 0 Å². The largest absolute Gasteiger partial charge is 0.346 e. The quantitative estimate of drug-likeness (QED) is 0.583. The van der Waals surface area contributed by atoms with Crippen LogP contribution in [0.5, 0.6) is 0 Å². The number of hydrogen-bond donors (Lipinski definition) is 0. The van der Waals surface area contributed by atoms with Gasteiger partial charge in [0, 0.05) is 14.1 Å². The number of anilines is 1. The average molecular weight is 157 g/mol. The minimum Gasteiger partial charge on any atom is -0.346 e. The number of rotatable bonds is 2. The molecule has 0 bridgehead atoms. The molecule has 0 unspecified atom stereocenters. The summed E-state index contributed by atoms with van der Waals surface area (Å²) in [5, 5.41) is 0.420. The van der Waals surface area contributed by atoms with Crippen molar-refractivity contribution in [3.63, 3.8) is 0 Å². The van der Waals surface area contributed by atoms with Gasteiger partial charge in [-0.3, -0.25) is 4.79 Å². The van der Waals surface area contributed by atoms with Crippen LogP contribution in [-0.4, -0.2) is 29.7 Å². The van der Waals surface area contributed by atoms with Gasteiger partial charge in [-0.2, -0.15) is 9.36 Å². The highest BCUT2D eigenvalue weighted by molar-refractivity contribution is 7.07. The normalized spacial score (nSPS) is 9.40. The number of hydrogen-bond acceptors (Lipinski definition) is 5. The van der Waals surface area contributed by atoms with Gasteiger partial charge >= 0.3 is 0 Å². The Morgan fingerprint density at radius 3 is 2.60 bits per heavy atom. The molecule has 0 saturated carbocycles. The highest BCUT2D eigenvalue weighted by atomic mass is 32.1. The van der Waals surface area contributed by atoms with Gasteiger partial charge in [0.05, 0.1) is 0 Å². The Kier molecular flexibility index (Phi) is 1.96. The summed E-state index contributed by atoms with van der Waals surface area (Å²) in [6, 6.07) is 0. The first-order chi connectivity index (χ1) is 4.74. The molecule has 0 fully saturated rings. The van der Waals surface area contributed by atoms with Gasteiger partial charge in [0.15, 0.2) is 11.3 Å². The van der Waals surface area contributed by atoms with Crippen LogP contribution in [0.1, 0.15) is 9.80 Å². The number of aromatic nitrogens is 2. The molecule has 0 aliphatic heterocycles. The summed E-state index contributed by atoms with van der Waals surface area (Å²) in [5.74, 6) is 0.590. The predicted molar refractivity (Wildman–Crippen MR) is 39.6 cm³/mol. The molecule has 54 valence electrons. The van der Waals surface area contributed by atoms with Crippen molar-refractivity contribution in [2.75, 3.05) is 19.0 Å². The molecule has 0 amide bonds. The van der Waals surface area contributed by atoms with Crippen LogP contribution in [0.4, 0.5) is 5.95 Å². The van der Waals surface area contributed by atoms with Crippen LogP contribution in [0.2, 0.25) is 0 Å². The Labute approximate surface area is 62.7 Å². The summed E-state index contributed by atoms with van der Waals surface area (Å²) in [5.41, 5.74) is 0. The Hall–Kier alpha value is -0.970. The number of carbonyl (C=O) groups is 1. The maximum absolute atomic E-state index is 10.1. The van der Waals surface area contributed by atoms with E-state index in [1.807, 2.05) is 14.1 Å². The lowest BCUT2D eigenvalue weighted by molar-refractivity contribution is 0.112. The van der Waals surface area contributed by atoms with Gasteiger partial charge in [0.1, 0.15) is 0 Å². The van der Waals surface area contributed by atoms with Crippen LogP contribution in [-0.2, 0) is 0 Å². The molecule has 4 nitrogen and oxygen atoms in total. The summed E-state index contributed by atoms with van der Waals surface area (Å²) >= 11 is 1.11. The Bertz CT molecular complexity index is 233. The van der Waals surface area contributed by atoms with E-state index in [0.717, 1.165) is 11.5 Å². The molecule has 10 heavy (non-hydrogen) atoms. The Morgan fingerprint density at radius 2 is 2.30 bits per heavy atom. The highest BCUT2D eigenvalue weighted by Gasteiger charge is 2.02. The molecule has 1 heterocycles. The van der Waals surface area contributed by atoms with Crippen LogP contribution in [0.15, 0.2) is 0 Å². The van der Waals surface area contributed by atoms with Crippen molar-refractivity contribution in [2.45, 2.75) is 0 Å². The van der Waals surface area contributed by atoms with E-state index >= 15 is 0 Å². The van der Waals surface area contributed by atoms with E-state index in [4.69, 9.17) is 0 Å². The van der Waals surface area contributed by atoms with E-state index in [1.165, 1.54) is 0 Å². The van der Waals surface area contributed by atoms with Crippen LogP contribution in [0, 0.1) is 0 Å². The van der Waals surface area contributed by atoms with Gasteiger partial charge in [0.25, 0.3) is 0 Å². The summed E-state index contributed by atoms with van der Waals surface area (Å²) < 4.78 is 3.91. The molecule has 0 aliphatic carbocycles. The first-order valence-electron chi connectivity index (χ1n) is 2.70. The van der Waals surface area contributed by atoms with Gasteiger partial charge in [-0.25, -0.2) is 0 Å². The Balaban J connectivity index is 2.88. The summed E-state index contributed by atoms with van der Waals surface area (Å²) in [7, 11) is 3.66. The van der Waals surface area contributed by atoms with E-state index < -0.39 is 0 Å². The molecular formula is C5H7N3OS. The van der Waals surface area contributed by atoms with Gasteiger partial charge in [-0.15, -0.1) is 0 Å². The zero-order valence-electron chi connectivity index (χ0n) is 5.74. The van der Waals surface area contributed by atoms with Crippen molar-refractivity contribution in [1.29, 1.82) is 0 Å². The summed E-state index contributed by atoms with van der Waals surface area (Å²) in [6.45, 7) is 0. The third kappa shape index (κ3) is 1.30. The number of nitrogens with zero attached hydrogens (tertiary/aromatic N) is 3. The molecule has 5 heteroatoms. The van der Waals surface area contributed by atoms with E-state index in [0.29, 0.717) is 17.2 Å². The molecular weight excluding hydrogens is 150 g/mol. The Morgan fingerprint density at radius 1 is 1.60 bits per heavy atom. The van der Waals surface area contributed by atoms with Crippen molar-refractivity contribution >= 4 is 23.8 Å². The monoisotopic (exact) mass is 157 g/mol. The first-order valence-corrected chi connectivity index (χ1v) is 3.47. The third-order valence-corrected chi connectivity index (χ3v) is 1.56. The van der Waals surface area contributed by atoms with Crippen molar-refractivity contribution < 1.29 is 4.79 Å². The fourth-order valence-corrected chi connectivity index (χ4v) is 1.00. The fraction of sp³-hybridized carbons (Fsp3) is 0.400. The predicted octanol–water partition coefficient (Wildman–Crippen LogP) is 0.417. The molecule has 0 spiro atoms. The van der Waals surface area contributed by atoms with E-state index in [1.54, 1.807) is 4.90 Å². The molecule has 0 aliphatic rings. The average Bonchev–Trinajstić information content (AvgIpc) is 2.34. The molecule has 0 aromatic carbocycles. The van der Waals surface area contributed by atoms with E-state index in [-0.39, 0.29) is 0 Å². The number of aldehydes is 1. The second-order valence-electron chi connectivity index (χ2n) is 1.94. The van der Waals surface area contributed by atoms with Crippen molar-refractivity contribution in [3.05, 3.63) is 5.01 Å². The molecule has 1 rings (SSSR count). The number of carbonyl (C=O) groups excluding carboxylic acids is 1. The molecule has 0 atom stereocenters. The van der Waals surface area contributed by atoms with Crippen LogP contribution >= 0.6 is 11.5 Å². The fourth-order valence-electron chi connectivity index (χ4n) is 0.456. The lowest BCUT2D eigenvalue weighted by Crippen LogP contribution is -2.10. The van der Waals surface area contributed by atoms with Crippen LogP contribution < -0.4 is 4.90 Å². The molecule has 0 saturated heterocycles. The van der Waals surface area contributed by atoms with Crippen molar-refractivity contribution in [3.8, 4) is 0 Å². The minimum atomic E-state index is 0.420. The van der Waals surface area contributed by atoms with Gasteiger partial charge in [0.2, 0.25) is 5.95 Å². The first kappa shape index (κ1) is 7.14. The second kappa shape index (κ2) is 2.74. The third-order valence-electron chi connectivity index (χ3n) is 0.932. The standard InChI is InChI=1S/C5H7N3OS/c1-8(2)5-6-4(3-9)10-7-5/h3H,1-2H3. The lowest BCUT2D eigenvalue weighted by atomic mass is 10.8. The highest BCUT2D eigenvalue weighted by Crippen LogP contribution is 2.07. The van der Waals surface area contributed by atoms with Gasteiger partial charge in [-0.1, -0.05) is 0 Å². The zero-order valence-corrected chi connectivity index (χ0v) is 6.55. The van der Waals surface area contributed by atoms with Gasteiger partial charge < -0.3 is 4.90 Å². The minimum absolute atomic E-state index is 0.420. The van der Waals surface area contributed by atoms with E-state index in [9.17, 15) is 4.79 Å². The molecule has 1 aromatic rings. The van der Waals surface area contributed by atoms with Crippen LogP contribution in [0.3, 0.4) is 0 Å². The smallest absolute Gasteiger partial charge is 0.237 e. The zero-order chi connectivity index (χ0) is 7.56. The SMILES string of the molecule is CN(C)c1nsc(C=O)n1. The van der Waals surface area contributed by atoms with Gasteiger partial charge in [-0.05, 0) is 11.5 Å². The summed E-state index contributed by atoms with van der Waals surface area (Å²) in [4.78, 5) is 15.8. The maximum Gasteiger partial charge on any atom is 0.237 e. The molecule has 1 aromatic heterocycles. The maximum atomic E-state index is 10.1. The second-order valence-corrected chi connectivity index (χ2v) is 2.73. The van der Waals surface area contributed by atoms with Crippen molar-refractivity contribution in [1.82, 2.24) is 9.36 Å². The van der Waals surface area contributed by atoms with E-state index in [2.05, 4.69) is 9.36 Å². The van der Waals surface area contributed by atoms with Crippen LogP contribution in [0.25, 0.3) is 0 Å². The topological polar surface area (TPSA) is 46.1 Å².